The molecule has 0 saturated heterocycles. The Morgan fingerprint density at radius 1 is 1.19 bits per heavy atom. The summed E-state index contributed by atoms with van der Waals surface area (Å²) in [5, 5.41) is 4.14. The van der Waals surface area contributed by atoms with E-state index in [1.807, 2.05) is 11.4 Å². The first kappa shape index (κ1) is 15.1. The van der Waals surface area contributed by atoms with Crippen molar-refractivity contribution in [1.29, 1.82) is 0 Å². The van der Waals surface area contributed by atoms with E-state index in [0.29, 0.717) is 0 Å². The number of carbonyl (C=O) groups is 2. The largest absolute Gasteiger partial charge is 0.455 e. The summed E-state index contributed by atoms with van der Waals surface area (Å²) in [6.45, 7) is -0.483. The fourth-order valence-electron chi connectivity index (χ4n) is 1.52. The second-order valence-corrected chi connectivity index (χ2v) is 5.13. The van der Waals surface area contributed by atoms with Gasteiger partial charge in [-0.15, -0.1) is 11.3 Å². The number of carbonyl (C=O) groups excluding carboxylic acids is 2. The first-order chi connectivity index (χ1) is 10.0. The van der Waals surface area contributed by atoms with Crippen LogP contribution in [0.25, 0.3) is 0 Å². The van der Waals surface area contributed by atoms with Crippen LogP contribution < -0.4 is 5.32 Å². The SMILES string of the molecule is O=C(COC(=O)Cc1cccs1)Nc1ccc(F)c(F)c1. The van der Waals surface area contributed by atoms with E-state index in [9.17, 15) is 18.4 Å². The number of thiophene rings is 1. The summed E-state index contributed by atoms with van der Waals surface area (Å²) < 4.78 is 30.5. The maximum absolute atomic E-state index is 12.9. The normalized spacial score (nSPS) is 10.2. The van der Waals surface area contributed by atoms with Crippen LogP contribution in [-0.4, -0.2) is 18.5 Å². The van der Waals surface area contributed by atoms with Crippen LogP contribution in [0.2, 0.25) is 0 Å². The van der Waals surface area contributed by atoms with Gasteiger partial charge in [-0.1, -0.05) is 6.07 Å². The zero-order valence-corrected chi connectivity index (χ0v) is 11.6. The van der Waals surface area contributed by atoms with Gasteiger partial charge in [-0.2, -0.15) is 0 Å². The molecule has 0 aliphatic rings. The van der Waals surface area contributed by atoms with Crippen molar-refractivity contribution in [2.24, 2.45) is 0 Å². The number of ether oxygens (including phenoxy) is 1. The van der Waals surface area contributed by atoms with Gasteiger partial charge in [0, 0.05) is 16.6 Å². The minimum Gasteiger partial charge on any atom is -0.455 e. The molecule has 0 saturated carbocycles. The zero-order chi connectivity index (χ0) is 15.2. The second-order valence-electron chi connectivity index (χ2n) is 4.09. The molecule has 1 heterocycles. The van der Waals surface area contributed by atoms with Crippen LogP contribution in [0.5, 0.6) is 0 Å². The number of hydrogen-bond acceptors (Lipinski definition) is 4. The molecule has 2 aromatic rings. The van der Waals surface area contributed by atoms with E-state index < -0.39 is 30.1 Å². The summed E-state index contributed by atoms with van der Waals surface area (Å²) in [6.07, 6.45) is 0.0934. The van der Waals surface area contributed by atoms with Crippen molar-refractivity contribution in [3.8, 4) is 0 Å². The molecule has 110 valence electrons. The van der Waals surface area contributed by atoms with Gasteiger partial charge in [0.05, 0.1) is 6.42 Å². The van der Waals surface area contributed by atoms with E-state index in [4.69, 9.17) is 4.74 Å². The monoisotopic (exact) mass is 311 g/mol. The molecule has 1 N–H and O–H groups in total. The molecule has 0 atom stereocenters. The minimum atomic E-state index is -1.07. The Kier molecular flexibility index (Phi) is 4.99. The summed E-state index contributed by atoms with van der Waals surface area (Å²) in [6, 6.07) is 6.55. The molecule has 0 radical (unpaired) electrons. The first-order valence-electron chi connectivity index (χ1n) is 5.97. The summed E-state index contributed by atoms with van der Waals surface area (Å²) >= 11 is 1.41. The Labute approximate surface area is 123 Å². The number of anilines is 1. The van der Waals surface area contributed by atoms with Crippen LogP contribution in [0.1, 0.15) is 4.88 Å². The molecule has 0 spiro atoms. The molecule has 1 aromatic heterocycles. The van der Waals surface area contributed by atoms with Crippen molar-refractivity contribution >= 4 is 28.9 Å². The number of amides is 1. The van der Waals surface area contributed by atoms with Gasteiger partial charge in [-0.05, 0) is 23.6 Å². The van der Waals surface area contributed by atoms with Gasteiger partial charge in [0.1, 0.15) is 0 Å². The van der Waals surface area contributed by atoms with Gasteiger partial charge < -0.3 is 10.1 Å². The average molecular weight is 311 g/mol. The fourth-order valence-corrected chi connectivity index (χ4v) is 2.21. The van der Waals surface area contributed by atoms with Crippen LogP contribution in [0.4, 0.5) is 14.5 Å². The molecule has 1 amide bonds. The molecular formula is C14H11F2NO3S. The van der Waals surface area contributed by atoms with Crippen molar-refractivity contribution < 1.29 is 23.1 Å². The van der Waals surface area contributed by atoms with Crippen LogP contribution in [0.3, 0.4) is 0 Å². The molecule has 2 rings (SSSR count). The first-order valence-corrected chi connectivity index (χ1v) is 6.85. The Morgan fingerprint density at radius 3 is 2.67 bits per heavy atom. The molecule has 0 fully saturated rings. The van der Waals surface area contributed by atoms with Gasteiger partial charge in [-0.25, -0.2) is 8.78 Å². The number of halogens is 2. The van der Waals surface area contributed by atoms with Crippen molar-refractivity contribution in [3.63, 3.8) is 0 Å². The zero-order valence-electron chi connectivity index (χ0n) is 10.8. The third kappa shape index (κ3) is 4.64. The maximum atomic E-state index is 12.9. The molecule has 0 bridgehead atoms. The number of rotatable bonds is 5. The molecule has 0 unspecified atom stereocenters. The summed E-state index contributed by atoms with van der Waals surface area (Å²) in [7, 11) is 0. The maximum Gasteiger partial charge on any atom is 0.311 e. The number of benzene rings is 1. The third-order valence-electron chi connectivity index (χ3n) is 2.47. The van der Waals surface area contributed by atoms with Crippen LogP contribution in [0.15, 0.2) is 35.7 Å². The number of nitrogens with one attached hydrogen (secondary N) is 1. The second kappa shape index (κ2) is 6.94. The minimum absolute atomic E-state index is 0.0909. The van der Waals surface area contributed by atoms with Gasteiger partial charge >= 0.3 is 5.97 Å². The van der Waals surface area contributed by atoms with E-state index in [1.54, 1.807) is 6.07 Å². The molecule has 4 nitrogen and oxygen atoms in total. The van der Waals surface area contributed by atoms with E-state index >= 15 is 0 Å². The van der Waals surface area contributed by atoms with Gasteiger partial charge in [0.2, 0.25) is 0 Å². The fraction of sp³-hybridized carbons (Fsp3) is 0.143. The molecule has 1 aromatic carbocycles. The summed E-state index contributed by atoms with van der Waals surface area (Å²) in [4.78, 5) is 23.8. The lowest BCUT2D eigenvalue weighted by Gasteiger charge is -2.06. The standard InChI is InChI=1S/C14H11F2NO3S/c15-11-4-3-9(6-12(11)16)17-13(18)8-20-14(19)7-10-2-1-5-21-10/h1-6H,7-8H2,(H,17,18). The molecule has 21 heavy (non-hydrogen) atoms. The molecular weight excluding hydrogens is 300 g/mol. The quantitative estimate of drug-likeness (QED) is 0.864. The third-order valence-corrected chi connectivity index (χ3v) is 3.34. The van der Waals surface area contributed by atoms with Crippen LogP contribution in [0, 0.1) is 11.6 Å². The van der Waals surface area contributed by atoms with Gasteiger partial charge in [0.15, 0.2) is 18.2 Å². The van der Waals surface area contributed by atoms with Crippen LogP contribution in [-0.2, 0) is 20.7 Å². The van der Waals surface area contributed by atoms with Crippen molar-refractivity contribution in [1.82, 2.24) is 0 Å². The highest BCUT2D eigenvalue weighted by Crippen LogP contribution is 2.13. The lowest BCUT2D eigenvalue weighted by molar-refractivity contribution is -0.146. The smallest absolute Gasteiger partial charge is 0.311 e. The average Bonchev–Trinajstić information content (AvgIpc) is 2.93. The van der Waals surface area contributed by atoms with Crippen molar-refractivity contribution in [2.45, 2.75) is 6.42 Å². The van der Waals surface area contributed by atoms with E-state index in [1.165, 1.54) is 17.4 Å². The molecule has 7 heteroatoms. The predicted octanol–water partition coefficient (Wildman–Crippen LogP) is 2.75. The highest BCUT2D eigenvalue weighted by Gasteiger charge is 2.10. The Hall–Kier alpha value is -2.28. The number of esters is 1. The number of hydrogen-bond donors (Lipinski definition) is 1. The molecule has 0 aliphatic heterocycles. The van der Waals surface area contributed by atoms with Gasteiger partial charge in [-0.3, -0.25) is 9.59 Å². The predicted molar refractivity (Wildman–Crippen MR) is 74.0 cm³/mol. The molecule has 0 aliphatic carbocycles. The van der Waals surface area contributed by atoms with Crippen molar-refractivity contribution in [2.75, 3.05) is 11.9 Å². The Bertz CT molecular complexity index is 644. The lowest BCUT2D eigenvalue weighted by atomic mass is 10.3. The van der Waals surface area contributed by atoms with Gasteiger partial charge in [0.25, 0.3) is 5.91 Å². The Morgan fingerprint density at radius 2 is 2.00 bits per heavy atom. The van der Waals surface area contributed by atoms with Crippen molar-refractivity contribution in [3.05, 3.63) is 52.2 Å². The van der Waals surface area contributed by atoms with E-state index in [2.05, 4.69) is 5.32 Å². The summed E-state index contributed by atoms with van der Waals surface area (Å²) in [5.41, 5.74) is 0.0909. The lowest BCUT2D eigenvalue weighted by Crippen LogP contribution is -2.21. The highest BCUT2D eigenvalue weighted by atomic mass is 32.1. The summed E-state index contributed by atoms with van der Waals surface area (Å²) in [5.74, 6) is -3.23. The van der Waals surface area contributed by atoms with E-state index in [0.717, 1.165) is 17.0 Å². The topological polar surface area (TPSA) is 55.4 Å². The van der Waals surface area contributed by atoms with E-state index in [-0.39, 0.29) is 12.1 Å². The Balaban J connectivity index is 1.79. The van der Waals surface area contributed by atoms with Crippen LogP contribution >= 0.6 is 11.3 Å². The highest BCUT2D eigenvalue weighted by molar-refractivity contribution is 7.10.